The summed E-state index contributed by atoms with van der Waals surface area (Å²) in [5, 5.41) is 0. The average molecular weight is 213 g/mol. The third kappa shape index (κ3) is 3.26. The minimum absolute atomic E-state index is 0.609. The van der Waals surface area contributed by atoms with Crippen LogP contribution >= 0.6 is 10.7 Å². The molecule has 0 heterocycles. The van der Waals surface area contributed by atoms with Gasteiger partial charge in [-0.2, -0.15) is 13.2 Å². The molecule has 1 unspecified atom stereocenters. The van der Waals surface area contributed by atoms with Crippen LogP contribution in [-0.2, 0) is 13.8 Å². The summed E-state index contributed by atoms with van der Waals surface area (Å²) in [6.45, 7) is 0. The largest absolute Gasteiger partial charge is 0.430 e. The standard InChI is InChI=1S/C3H4ClF3O3S/c1-10-2(3(5,6)7)11(4,8)9/h2H,1H3. The van der Waals surface area contributed by atoms with Crippen molar-refractivity contribution in [2.24, 2.45) is 0 Å². The fourth-order valence-corrected chi connectivity index (χ4v) is 1.48. The topological polar surface area (TPSA) is 43.4 Å². The van der Waals surface area contributed by atoms with Crippen LogP contribution in [0.25, 0.3) is 0 Å². The molecular weight excluding hydrogens is 209 g/mol. The van der Waals surface area contributed by atoms with Gasteiger partial charge in [-0.05, 0) is 0 Å². The maximum atomic E-state index is 11.6. The fourth-order valence-electron chi connectivity index (χ4n) is 0.408. The molecule has 0 spiro atoms. The lowest BCUT2D eigenvalue weighted by Crippen LogP contribution is -2.35. The van der Waals surface area contributed by atoms with Crippen LogP contribution in [0, 0.1) is 0 Å². The predicted octanol–water partition coefficient (Wildman–Crippen LogP) is 1.09. The summed E-state index contributed by atoms with van der Waals surface area (Å²) in [7, 11) is 0.273. The maximum Gasteiger partial charge on any atom is 0.430 e. The zero-order valence-corrected chi connectivity index (χ0v) is 6.79. The van der Waals surface area contributed by atoms with Crippen molar-refractivity contribution in [1.82, 2.24) is 0 Å². The van der Waals surface area contributed by atoms with Gasteiger partial charge in [-0.25, -0.2) is 8.42 Å². The van der Waals surface area contributed by atoms with Crippen molar-refractivity contribution in [3.05, 3.63) is 0 Å². The molecule has 0 aromatic heterocycles. The van der Waals surface area contributed by atoms with E-state index >= 15 is 0 Å². The molecule has 0 radical (unpaired) electrons. The quantitative estimate of drug-likeness (QED) is 0.644. The highest BCUT2D eigenvalue weighted by Crippen LogP contribution is 2.28. The van der Waals surface area contributed by atoms with Crippen molar-refractivity contribution in [3.8, 4) is 0 Å². The zero-order chi connectivity index (χ0) is 9.28. The van der Waals surface area contributed by atoms with Gasteiger partial charge in [0, 0.05) is 17.8 Å². The number of hydrogen-bond donors (Lipinski definition) is 0. The molecule has 0 rings (SSSR count). The third-order valence-corrected chi connectivity index (χ3v) is 2.19. The molecule has 11 heavy (non-hydrogen) atoms. The Hall–Kier alpha value is -0.0100. The van der Waals surface area contributed by atoms with Gasteiger partial charge < -0.3 is 4.74 Å². The van der Waals surface area contributed by atoms with Crippen molar-refractivity contribution < 1.29 is 26.3 Å². The molecule has 0 aromatic rings. The highest BCUT2D eigenvalue weighted by Gasteiger charge is 2.48. The molecule has 0 aliphatic heterocycles. The Morgan fingerprint density at radius 2 is 1.82 bits per heavy atom. The Morgan fingerprint density at radius 1 is 1.45 bits per heavy atom. The van der Waals surface area contributed by atoms with E-state index in [1.165, 1.54) is 0 Å². The summed E-state index contributed by atoms with van der Waals surface area (Å²) in [5.41, 5.74) is -2.95. The van der Waals surface area contributed by atoms with Crippen molar-refractivity contribution in [2.75, 3.05) is 7.11 Å². The number of hydrogen-bond acceptors (Lipinski definition) is 3. The highest BCUT2D eigenvalue weighted by molar-refractivity contribution is 8.14. The summed E-state index contributed by atoms with van der Waals surface area (Å²) < 4.78 is 58.8. The van der Waals surface area contributed by atoms with E-state index in [0.717, 1.165) is 0 Å². The average Bonchev–Trinajstić information content (AvgIpc) is 1.56. The van der Waals surface area contributed by atoms with Crippen LogP contribution in [0.5, 0.6) is 0 Å². The third-order valence-electron chi connectivity index (χ3n) is 0.737. The molecule has 1 atom stereocenters. The zero-order valence-electron chi connectivity index (χ0n) is 5.22. The summed E-state index contributed by atoms with van der Waals surface area (Å²) in [6, 6.07) is 0. The van der Waals surface area contributed by atoms with Crippen LogP contribution < -0.4 is 0 Å². The van der Waals surface area contributed by atoms with E-state index in [9.17, 15) is 21.6 Å². The Kier molecular flexibility index (Phi) is 3.15. The SMILES string of the molecule is COC(C(F)(F)F)S(=O)(=O)Cl. The molecule has 3 nitrogen and oxygen atoms in total. The number of ether oxygens (including phenoxy) is 1. The van der Waals surface area contributed by atoms with Gasteiger partial charge in [0.25, 0.3) is 14.5 Å². The molecular formula is C3H4ClF3O3S. The number of alkyl halides is 3. The van der Waals surface area contributed by atoms with Gasteiger partial charge in [0.1, 0.15) is 0 Å². The van der Waals surface area contributed by atoms with Gasteiger partial charge in [0.2, 0.25) is 0 Å². The van der Waals surface area contributed by atoms with E-state index in [1.807, 2.05) is 0 Å². The van der Waals surface area contributed by atoms with Crippen LogP contribution in [0.3, 0.4) is 0 Å². The molecule has 0 fully saturated rings. The molecule has 0 bridgehead atoms. The molecule has 0 aromatic carbocycles. The van der Waals surface area contributed by atoms with Gasteiger partial charge in [0.15, 0.2) is 0 Å². The van der Waals surface area contributed by atoms with Gasteiger partial charge >= 0.3 is 6.18 Å². The second kappa shape index (κ2) is 3.16. The molecule has 8 heteroatoms. The summed E-state index contributed by atoms with van der Waals surface area (Å²) in [6.07, 6.45) is -4.99. The molecule has 0 aliphatic rings. The first-order valence-electron chi connectivity index (χ1n) is 2.22. The summed E-state index contributed by atoms with van der Waals surface area (Å²) in [4.78, 5) is 0. The smallest absolute Gasteiger partial charge is 0.357 e. The molecule has 68 valence electrons. The van der Waals surface area contributed by atoms with E-state index < -0.39 is 20.7 Å². The monoisotopic (exact) mass is 212 g/mol. The van der Waals surface area contributed by atoms with Crippen molar-refractivity contribution in [2.45, 2.75) is 11.6 Å². The van der Waals surface area contributed by atoms with Crippen molar-refractivity contribution in [1.29, 1.82) is 0 Å². The lowest BCUT2D eigenvalue weighted by atomic mass is 10.7. The van der Waals surface area contributed by atoms with Crippen LogP contribution in [0.2, 0.25) is 0 Å². The Labute approximate surface area is 65.5 Å². The van der Waals surface area contributed by atoms with Crippen LogP contribution in [0.1, 0.15) is 0 Å². The van der Waals surface area contributed by atoms with Crippen LogP contribution in [0.15, 0.2) is 0 Å². The maximum absolute atomic E-state index is 11.6. The van der Waals surface area contributed by atoms with Gasteiger partial charge in [0.05, 0.1) is 0 Å². The van der Waals surface area contributed by atoms with E-state index in [2.05, 4.69) is 15.4 Å². The Balaban J connectivity index is 4.72. The molecule has 0 amide bonds. The lowest BCUT2D eigenvalue weighted by Gasteiger charge is -2.14. The molecule has 0 aliphatic carbocycles. The number of methoxy groups -OCH3 is 1. The lowest BCUT2D eigenvalue weighted by molar-refractivity contribution is -0.183. The summed E-state index contributed by atoms with van der Waals surface area (Å²) >= 11 is 0. The van der Waals surface area contributed by atoms with Crippen LogP contribution in [0.4, 0.5) is 13.2 Å². The minimum Gasteiger partial charge on any atom is -0.357 e. The van der Waals surface area contributed by atoms with E-state index in [4.69, 9.17) is 0 Å². The van der Waals surface area contributed by atoms with E-state index in [1.54, 1.807) is 0 Å². The predicted molar refractivity (Wildman–Crippen MR) is 31.6 cm³/mol. The molecule has 0 N–H and O–H groups in total. The normalized spacial score (nSPS) is 16.5. The summed E-state index contributed by atoms with van der Waals surface area (Å²) in [5.74, 6) is 0. The second-order valence-electron chi connectivity index (χ2n) is 1.58. The molecule has 0 saturated carbocycles. The number of rotatable bonds is 2. The van der Waals surface area contributed by atoms with Gasteiger partial charge in [-0.1, -0.05) is 0 Å². The van der Waals surface area contributed by atoms with Crippen LogP contribution in [-0.4, -0.2) is 27.1 Å². The van der Waals surface area contributed by atoms with Crippen molar-refractivity contribution >= 4 is 19.7 Å². The van der Waals surface area contributed by atoms with Crippen molar-refractivity contribution in [3.63, 3.8) is 0 Å². The van der Waals surface area contributed by atoms with Gasteiger partial charge in [-0.15, -0.1) is 0 Å². The minimum atomic E-state index is -4.99. The Bertz CT molecular complexity index is 220. The Morgan fingerprint density at radius 3 is 1.82 bits per heavy atom. The molecule has 0 saturated heterocycles. The first-order valence-corrected chi connectivity index (χ1v) is 4.60. The van der Waals surface area contributed by atoms with Gasteiger partial charge in [-0.3, -0.25) is 0 Å². The fraction of sp³-hybridized carbons (Fsp3) is 1.00. The number of halogens is 4. The van der Waals surface area contributed by atoms with E-state index in [0.29, 0.717) is 7.11 Å². The first kappa shape index (κ1) is 11.0. The first-order chi connectivity index (χ1) is 4.69. The second-order valence-corrected chi connectivity index (χ2v) is 4.25. The highest BCUT2D eigenvalue weighted by atomic mass is 35.7. The van der Waals surface area contributed by atoms with E-state index in [-0.39, 0.29) is 0 Å².